The highest BCUT2D eigenvalue weighted by atomic mass is 79.9. The third-order valence-electron chi connectivity index (χ3n) is 2.67. The van der Waals surface area contributed by atoms with Gasteiger partial charge in [-0.05, 0) is 29.7 Å². The van der Waals surface area contributed by atoms with Gasteiger partial charge in [-0.2, -0.15) is 0 Å². The summed E-state index contributed by atoms with van der Waals surface area (Å²) in [5.41, 5.74) is 4.19. The van der Waals surface area contributed by atoms with Crippen molar-refractivity contribution in [1.29, 1.82) is 0 Å². The first kappa shape index (κ1) is 7.10. The summed E-state index contributed by atoms with van der Waals surface area (Å²) in [6.07, 6.45) is 2.02. The van der Waals surface area contributed by atoms with E-state index in [4.69, 9.17) is 4.74 Å². The molecule has 1 saturated heterocycles. The summed E-state index contributed by atoms with van der Waals surface area (Å²) in [6, 6.07) is 4.43. The van der Waals surface area contributed by atoms with E-state index in [0.717, 1.165) is 6.42 Å². The topological polar surface area (TPSA) is 12.5 Å². The zero-order valence-electron chi connectivity index (χ0n) is 6.80. The molecule has 12 heavy (non-hydrogen) atoms. The summed E-state index contributed by atoms with van der Waals surface area (Å²) in [5.74, 6) is 0. The van der Waals surface area contributed by atoms with Crippen molar-refractivity contribution in [3.8, 4) is 0 Å². The van der Waals surface area contributed by atoms with E-state index >= 15 is 0 Å². The number of ether oxygens (including phenoxy) is 1. The fourth-order valence-electron chi connectivity index (χ4n) is 2.04. The molecule has 2 unspecified atom stereocenters. The molecule has 0 radical (unpaired) electrons. The van der Waals surface area contributed by atoms with Crippen molar-refractivity contribution in [3.63, 3.8) is 0 Å². The molecule has 0 saturated carbocycles. The van der Waals surface area contributed by atoms with E-state index < -0.39 is 0 Å². The molecule has 0 amide bonds. The second-order valence-corrected chi connectivity index (χ2v) is 4.47. The fraction of sp³-hybridized carbons (Fsp3) is 0.400. The maximum absolute atomic E-state index is 5.47. The highest BCUT2D eigenvalue weighted by molar-refractivity contribution is 9.10. The van der Waals surface area contributed by atoms with Gasteiger partial charge in [-0.1, -0.05) is 22.0 Å². The van der Waals surface area contributed by atoms with Gasteiger partial charge in [-0.3, -0.25) is 0 Å². The zero-order chi connectivity index (χ0) is 8.29. The largest absolute Gasteiger partial charge is 0.364 e. The molecular weight excluding hydrogens is 216 g/mol. The Morgan fingerprint density at radius 2 is 2.33 bits per heavy atom. The van der Waals surface area contributed by atoms with Crippen LogP contribution in [0.2, 0.25) is 0 Å². The van der Waals surface area contributed by atoms with Gasteiger partial charge >= 0.3 is 0 Å². The molecule has 1 aromatic rings. The maximum atomic E-state index is 5.47. The van der Waals surface area contributed by atoms with E-state index in [1.165, 1.54) is 21.2 Å². The van der Waals surface area contributed by atoms with Crippen LogP contribution in [0, 0.1) is 6.92 Å². The van der Waals surface area contributed by atoms with Gasteiger partial charge in [-0.25, -0.2) is 0 Å². The van der Waals surface area contributed by atoms with E-state index in [1.807, 2.05) is 0 Å². The summed E-state index contributed by atoms with van der Waals surface area (Å²) < 4.78 is 6.73. The maximum Gasteiger partial charge on any atom is 0.110 e. The van der Waals surface area contributed by atoms with Gasteiger partial charge in [0, 0.05) is 10.9 Å². The molecule has 1 fully saturated rings. The highest BCUT2D eigenvalue weighted by Crippen LogP contribution is 2.50. The van der Waals surface area contributed by atoms with Crippen LogP contribution in [-0.2, 0) is 11.2 Å². The van der Waals surface area contributed by atoms with Gasteiger partial charge in [0.25, 0.3) is 0 Å². The lowest BCUT2D eigenvalue weighted by Crippen LogP contribution is -1.91. The molecule has 2 heteroatoms. The normalized spacial score (nSPS) is 29.8. The molecule has 1 nitrogen and oxygen atoms in total. The molecule has 0 spiro atoms. The number of benzene rings is 1. The second kappa shape index (κ2) is 2.12. The average molecular weight is 225 g/mol. The van der Waals surface area contributed by atoms with Gasteiger partial charge in [0.05, 0.1) is 6.10 Å². The van der Waals surface area contributed by atoms with Crippen molar-refractivity contribution >= 4 is 15.9 Å². The summed E-state index contributed by atoms with van der Waals surface area (Å²) in [7, 11) is 0. The molecule has 1 heterocycles. The third kappa shape index (κ3) is 0.824. The first-order valence-electron chi connectivity index (χ1n) is 4.20. The Labute approximate surface area is 79.9 Å². The third-order valence-corrected chi connectivity index (χ3v) is 3.38. The van der Waals surface area contributed by atoms with Gasteiger partial charge in [0.2, 0.25) is 0 Å². The molecule has 1 aliphatic carbocycles. The lowest BCUT2D eigenvalue weighted by molar-refractivity contribution is 0.360. The molecule has 3 rings (SSSR count). The Balaban J connectivity index is 2.24. The van der Waals surface area contributed by atoms with Crippen molar-refractivity contribution in [2.45, 2.75) is 25.6 Å². The summed E-state index contributed by atoms with van der Waals surface area (Å²) in [4.78, 5) is 0. The summed E-state index contributed by atoms with van der Waals surface area (Å²) in [5, 5.41) is 0. The SMILES string of the molecule is Cc1cc(Br)c2c(c1)C1OC1C2. The van der Waals surface area contributed by atoms with Crippen molar-refractivity contribution in [3.05, 3.63) is 33.3 Å². The minimum absolute atomic E-state index is 0.427. The molecule has 1 aromatic carbocycles. The number of hydrogen-bond donors (Lipinski definition) is 0. The zero-order valence-corrected chi connectivity index (χ0v) is 8.39. The van der Waals surface area contributed by atoms with Gasteiger partial charge in [0.1, 0.15) is 6.10 Å². The van der Waals surface area contributed by atoms with Crippen molar-refractivity contribution in [2.75, 3.05) is 0 Å². The van der Waals surface area contributed by atoms with Crippen LogP contribution in [0.5, 0.6) is 0 Å². The Bertz CT molecular complexity index is 359. The average Bonchev–Trinajstić information content (AvgIpc) is 2.68. The van der Waals surface area contributed by atoms with E-state index in [2.05, 4.69) is 35.0 Å². The van der Waals surface area contributed by atoms with E-state index in [1.54, 1.807) is 0 Å². The smallest absolute Gasteiger partial charge is 0.110 e. The Morgan fingerprint density at radius 3 is 3.17 bits per heavy atom. The van der Waals surface area contributed by atoms with Crippen LogP contribution in [0.1, 0.15) is 22.8 Å². The number of hydrogen-bond acceptors (Lipinski definition) is 1. The van der Waals surface area contributed by atoms with Crippen LogP contribution in [0.15, 0.2) is 16.6 Å². The molecular formula is C10H9BrO. The molecule has 0 aromatic heterocycles. The van der Waals surface area contributed by atoms with Crippen LogP contribution in [0.4, 0.5) is 0 Å². The number of epoxide rings is 1. The van der Waals surface area contributed by atoms with Gasteiger partial charge < -0.3 is 4.74 Å². The van der Waals surface area contributed by atoms with E-state index in [-0.39, 0.29) is 0 Å². The highest BCUT2D eigenvalue weighted by Gasteiger charge is 2.47. The summed E-state index contributed by atoms with van der Waals surface area (Å²) >= 11 is 3.59. The lowest BCUT2D eigenvalue weighted by atomic mass is 10.1. The predicted molar refractivity (Wildman–Crippen MR) is 50.2 cm³/mol. The van der Waals surface area contributed by atoms with Crippen LogP contribution in [0.25, 0.3) is 0 Å². The molecule has 2 aliphatic rings. The first-order chi connectivity index (χ1) is 5.75. The Morgan fingerprint density at radius 1 is 1.50 bits per heavy atom. The fourth-order valence-corrected chi connectivity index (χ4v) is 2.79. The van der Waals surface area contributed by atoms with Gasteiger partial charge in [-0.15, -0.1) is 0 Å². The Kier molecular flexibility index (Phi) is 1.25. The number of halogens is 1. The van der Waals surface area contributed by atoms with Crippen molar-refractivity contribution in [2.24, 2.45) is 0 Å². The number of rotatable bonds is 0. The van der Waals surface area contributed by atoms with Crippen LogP contribution in [0.3, 0.4) is 0 Å². The van der Waals surface area contributed by atoms with Crippen molar-refractivity contribution in [1.82, 2.24) is 0 Å². The molecule has 62 valence electrons. The van der Waals surface area contributed by atoms with Crippen LogP contribution in [-0.4, -0.2) is 6.10 Å². The van der Waals surface area contributed by atoms with Crippen LogP contribution < -0.4 is 0 Å². The predicted octanol–water partition coefficient (Wildman–Crippen LogP) is 2.75. The lowest BCUT2D eigenvalue weighted by Gasteiger charge is -2.06. The number of aryl methyl sites for hydroxylation is 1. The van der Waals surface area contributed by atoms with Crippen LogP contribution >= 0.6 is 15.9 Å². The molecule has 1 aliphatic heterocycles. The molecule has 0 N–H and O–H groups in total. The molecule has 0 bridgehead atoms. The molecule has 2 atom stereocenters. The first-order valence-corrected chi connectivity index (χ1v) is 4.99. The summed E-state index contributed by atoms with van der Waals surface area (Å²) in [6.45, 7) is 2.13. The standard InChI is InChI=1S/C10H9BrO/c1-5-2-7-6(8(11)3-5)4-9-10(7)12-9/h2-3,9-10H,4H2,1H3. The van der Waals surface area contributed by atoms with Gasteiger partial charge in [0.15, 0.2) is 0 Å². The minimum Gasteiger partial charge on any atom is -0.364 e. The Hall–Kier alpha value is -0.340. The quantitative estimate of drug-likeness (QED) is 0.618. The van der Waals surface area contributed by atoms with E-state index in [9.17, 15) is 0 Å². The van der Waals surface area contributed by atoms with E-state index in [0.29, 0.717) is 12.2 Å². The number of fused-ring (bicyclic) bond motifs is 3. The minimum atomic E-state index is 0.427. The second-order valence-electron chi connectivity index (χ2n) is 3.61. The monoisotopic (exact) mass is 224 g/mol. The van der Waals surface area contributed by atoms with Crippen molar-refractivity contribution < 1.29 is 4.74 Å².